The molecule has 0 aromatic carbocycles. The van der Waals surface area contributed by atoms with Gasteiger partial charge in [0, 0.05) is 13.3 Å². The van der Waals surface area contributed by atoms with Gasteiger partial charge in [-0.15, -0.1) is 0 Å². The van der Waals surface area contributed by atoms with Crippen LogP contribution in [0.2, 0.25) is 0 Å². The summed E-state index contributed by atoms with van der Waals surface area (Å²) < 4.78 is 0. The standard InChI is InChI=1S/C5H10BNO2/c1-5(6(8)9)3-4-7-2/h3-4,8-9H,1-2H3/b5-3+,7-4-. The lowest BCUT2D eigenvalue weighted by Crippen LogP contribution is -2.12. The van der Waals surface area contributed by atoms with Crippen molar-refractivity contribution in [3.63, 3.8) is 0 Å². The van der Waals surface area contributed by atoms with Crippen LogP contribution in [-0.4, -0.2) is 30.4 Å². The Morgan fingerprint density at radius 1 is 1.56 bits per heavy atom. The second-order valence-electron chi connectivity index (χ2n) is 1.69. The summed E-state index contributed by atoms with van der Waals surface area (Å²) >= 11 is 0. The lowest BCUT2D eigenvalue weighted by Gasteiger charge is -1.92. The van der Waals surface area contributed by atoms with Gasteiger partial charge in [-0.2, -0.15) is 0 Å². The number of allylic oxidation sites excluding steroid dienone is 2. The predicted molar refractivity (Wildman–Crippen MR) is 38.4 cm³/mol. The monoisotopic (exact) mass is 127 g/mol. The van der Waals surface area contributed by atoms with Crippen molar-refractivity contribution in [2.45, 2.75) is 6.92 Å². The summed E-state index contributed by atoms with van der Waals surface area (Å²) in [5, 5.41) is 16.9. The van der Waals surface area contributed by atoms with E-state index < -0.39 is 7.12 Å². The van der Waals surface area contributed by atoms with Crippen molar-refractivity contribution in [1.29, 1.82) is 0 Å². The van der Waals surface area contributed by atoms with Crippen LogP contribution in [0.4, 0.5) is 0 Å². The first-order valence-electron chi connectivity index (χ1n) is 2.63. The summed E-state index contributed by atoms with van der Waals surface area (Å²) in [6, 6.07) is 0. The van der Waals surface area contributed by atoms with Crippen molar-refractivity contribution in [3.05, 3.63) is 11.5 Å². The molecule has 0 atom stereocenters. The van der Waals surface area contributed by atoms with Gasteiger partial charge in [0.05, 0.1) is 0 Å². The highest BCUT2D eigenvalue weighted by Gasteiger charge is 2.06. The molecule has 0 amide bonds. The Morgan fingerprint density at radius 2 is 2.11 bits per heavy atom. The van der Waals surface area contributed by atoms with Crippen LogP contribution >= 0.6 is 0 Å². The summed E-state index contributed by atoms with van der Waals surface area (Å²) in [4.78, 5) is 3.63. The highest BCUT2D eigenvalue weighted by Crippen LogP contribution is 1.90. The number of aliphatic imine (C=N–C) groups is 1. The Balaban J connectivity index is 3.84. The molecule has 0 aliphatic carbocycles. The number of rotatable bonds is 2. The zero-order valence-electron chi connectivity index (χ0n) is 5.57. The number of hydrogen-bond donors (Lipinski definition) is 2. The van der Waals surface area contributed by atoms with Gasteiger partial charge in [0.2, 0.25) is 0 Å². The normalized spacial score (nSPS) is 12.7. The molecular weight excluding hydrogens is 117 g/mol. The van der Waals surface area contributed by atoms with Crippen molar-refractivity contribution in [2.24, 2.45) is 4.99 Å². The third-order valence-electron chi connectivity index (χ3n) is 0.894. The van der Waals surface area contributed by atoms with E-state index in [2.05, 4.69) is 4.99 Å². The summed E-state index contributed by atoms with van der Waals surface area (Å²) in [5.74, 6) is 0. The van der Waals surface area contributed by atoms with E-state index in [4.69, 9.17) is 10.0 Å². The van der Waals surface area contributed by atoms with Gasteiger partial charge in [0.15, 0.2) is 0 Å². The van der Waals surface area contributed by atoms with Crippen LogP contribution in [0.3, 0.4) is 0 Å². The minimum atomic E-state index is -1.36. The van der Waals surface area contributed by atoms with Gasteiger partial charge in [-0.25, -0.2) is 0 Å². The maximum Gasteiger partial charge on any atom is 0.483 e. The average Bonchev–Trinajstić information content (AvgIpc) is 1.82. The maximum atomic E-state index is 8.47. The lowest BCUT2D eigenvalue weighted by molar-refractivity contribution is 0.419. The molecule has 50 valence electrons. The first kappa shape index (κ1) is 8.39. The summed E-state index contributed by atoms with van der Waals surface area (Å²) in [6.07, 6.45) is 3.06. The van der Waals surface area contributed by atoms with E-state index in [-0.39, 0.29) is 0 Å². The largest absolute Gasteiger partial charge is 0.483 e. The fourth-order valence-corrected chi connectivity index (χ4v) is 0.278. The predicted octanol–water partition coefficient (Wildman–Crippen LogP) is -0.355. The highest BCUT2D eigenvalue weighted by atomic mass is 16.4. The fraction of sp³-hybridized carbons (Fsp3) is 0.400. The molecule has 4 heteroatoms. The van der Waals surface area contributed by atoms with Crippen LogP contribution in [0.25, 0.3) is 0 Å². The van der Waals surface area contributed by atoms with Crippen LogP contribution in [0.1, 0.15) is 6.92 Å². The number of hydrogen-bond acceptors (Lipinski definition) is 3. The van der Waals surface area contributed by atoms with Crippen molar-refractivity contribution < 1.29 is 10.0 Å². The lowest BCUT2D eigenvalue weighted by atomic mass is 9.81. The summed E-state index contributed by atoms with van der Waals surface area (Å²) in [6.45, 7) is 1.62. The Kier molecular flexibility index (Phi) is 4.00. The molecular formula is C5H10BNO2. The third-order valence-corrected chi connectivity index (χ3v) is 0.894. The van der Waals surface area contributed by atoms with Gasteiger partial charge >= 0.3 is 7.12 Å². The Bertz CT molecular complexity index is 131. The zero-order chi connectivity index (χ0) is 7.28. The van der Waals surface area contributed by atoms with E-state index in [0.29, 0.717) is 5.47 Å². The van der Waals surface area contributed by atoms with Crippen LogP contribution < -0.4 is 0 Å². The van der Waals surface area contributed by atoms with Crippen LogP contribution in [0.15, 0.2) is 16.5 Å². The van der Waals surface area contributed by atoms with E-state index in [1.54, 1.807) is 20.0 Å². The van der Waals surface area contributed by atoms with E-state index in [1.165, 1.54) is 6.21 Å². The maximum absolute atomic E-state index is 8.47. The van der Waals surface area contributed by atoms with Gasteiger partial charge in [-0.1, -0.05) is 0 Å². The minimum absolute atomic E-state index is 0.487. The molecule has 9 heavy (non-hydrogen) atoms. The van der Waals surface area contributed by atoms with Crippen LogP contribution in [0, 0.1) is 0 Å². The molecule has 0 saturated heterocycles. The second-order valence-corrected chi connectivity index (χ2v) is 1.69. The Labute approximate surface area is 54.9 Å². The van der Waals surface area contributed by atoms with E-state index in [1.807, 2.05) is 0 Å². The molecule has 0 spiro atoms. The Morgan fingerprint density at radius 3 is 2.44 bits per heavy atom. The van der Waals surface area contributed by atoms with E-state index >= 15 is 0 Å². The third kappa shape index (κ3) is 3.94. The number of nitrogens with zero attached hydrogens (tertiary/aromatic N) is 1. The van der Waals surface area contributed by atoms with Crippen molar-refractivity contribution in [2.75, 3.05) is 7.05 Å². The molecule has 0 bridgehead atoms. The molecule has 0 fully saturated rings. The molecule has 0 rings (SSSR count). The van der Waals surface area contributed by atoms with E-state index in [9.17, 15) is 0 Å². The molecule has 0 aliphatic rings. The van der Waals surface area contributed by atoms with Gasteiger partial charge in [0.25, 0.3) is 0 Å². The molecule has 0 aliphatic heterocycles. The molecule has 2 N–H and O–H groups in total. The molecule has 0 saturated carbocycles. The first-order chi connectivity index (χ1) is 4.18. The molecule has 0 heterocycles. The molecule has 0 unspecified atom stereocenters. The summed E-state index contributed by atoms with van der Waals surface area (Å²) in [5.41, 5.74) is 0.487. The Hall–Kier alpha value is -0.605. The van der Waals surface area contributed by atoms with Gasteiger partial charge in [-0.3, -0.25) is 4.99 Å². The van der Waals surface area contributed by atoms with Gasteiger partial charge < -0.3 is 10.0 Å². The summed E-state index contributed by atoms with van der Waals surface area (Å²) in [7, 11) is 0.260. The SMILES string of the molecule is C/N=C\C=C(/C)B(O)O. The highest BCUT2D eigenvalue weighted by molar-refractivity contribution is 6.50. The average molecular weight is 127 g/mol. The van der Waals surface area contributed by atoms with Gasteiger partial charge in [-0.05, 0) is 18.5 Å². The van der Waals surface area contributed by atoms with Crippen molar-refractivity contribution >= 4 is 13.3 Å². The van der Waals surface area contributed by atoms with Crippen LogP contribution in [-0.2, 0) is 0 Å². The topological polar surface area (TPSA) is 52.8 Å². The fourth-order valence-electron chi connectivity index (χ4n) is 0.278. The minimum Gasteiger partial charge on any atom is -0.423 e. The van der Waals surface area contributed by atoms with E-state index in [0.717, 1.165) is 0 Å². The van der Waals surface area contributed by atoms with Crippen molar-refractivity contribution in [1.82, 2.24) is 0 Å². The first-order valence-corrected chi connectivity index (χ1v) is 2.63. The molecule has 0 aromatic rings. The molecule has 0 aromatic heterocycles. The van der Waals surface area contributed by atoms with Crippen molar-refractivity contribution in [3.8, 4) is 0 Å². The smallest absolute Gasteiger partial charge is 0.423 e. The van der Waals surface area contributed by atoms with Crippen LogP contribution in [0.5, 0.6) is 0 Å². The van der Waals surface area contributed by atoms with Gasteiger partial charge in [0.1, 0.15) is 0 Å². The molecule has 3 nitrogen and oxygen atoms in total. The quantitative estimate of drug-likeness (QED) is 0.393. The molecule has 0 radical (unpaired) electrons. The zero-order valence-corrected chi connectivity index (χ0v) is 5.57. The second kappa shape index (κ2) is 4.29.